The molecule has 1 rings (SSSR count). The van der Waals surface area contributed by atoms with Gasteiger partial charge in [-0.1, -0.05) is 12.1 Å². The van der Waals surface area contributed by atoms with Crippen LogP contribution >= 0.6 is 0 Å². The van der Waals surface area contributed by atoms with Crippen LogP contribution in [0, 0.1) is 11.3 Å². The van der Waals surface area contributed by atoms with Gasteiger partial charge in [0, 0.05) is 0 Å². The van der Waals surface area contributed by atoms with E-state index in [0.29, 0.717) is 5.69 Å². The summed E-state index contributed by atoms with van der Waals surface area (Å²) in [7, 11) is 1.86. The lowest BCUT2D eigenvalue weighted by atomic mass is 10.0. The van der Waals surface area contributed by atoms with Crippen LogP contribution in [0.25, 0.3) is 0 Å². The Morgan fingerprint density at radius 1 is 1.56 bits per heavy atom. The molecule has 0 aromatic carbocycles. The summed E-state index contributed by atoms with van der Waals surface area (Å²) >= 11 is 0. The summed E-state index contributed by atoms with van der Waals surface area (Å²) < 4.78 is 0. The fourth-order valence-electron chi connectivity index (χ4n) is 0.605. The van der Waals surface area contributed by atoms with Gasteiger partial charge in [-0.25, -0.2) is 0 Å². The minimum atomic E-state index is 0.481. The highest BCUT2D eigenvalue weighted by Gasteiger charge is 1.87. The van der Waals surface area contributed by atoms with Crippen LogP contribution in [-0.2, 0) is 0 Å². The first-order valence-corrected chi connectivity index (χ1v) is 2.66. The summed E-state index contributed by atoms with van der Waals surface area (Å²) in [6.07, 6.45) is 0. The van der Waals surface area contributed by atoms with Crippen molar-refractivity contribution in [2.24, 2.45) is 0 Å². The molecule has 0 fully saturated rings. The minimum absolute atomic E-state index is 0.481. The molecule has 9 heavy (non-hydrogen) atoms. The Balaban J connectivity index is 3.12. The van der Waals surface area contributed by atoms with E-state index in [1.165, 1.54) is 0 Å². The molecule has 0 atom stereocenters. The zero-order valence-electron chi connectivity index (χ0n) is 5.13. The third-order valence-electron chi connectivity index (χ3n) is 1.00. The molecule has 42 valence electrons. The molecule has 0 amide bonds. The molecule has 0 aliphatic heterocycles. The minimum Gasteiger partial charge on any atom is -0.253 e. The van der Waals surface area contributed by atoms with Crippen LogP contribution in [0.4, 0.5) is 0 Å². The average Bonchev–Trinajstić information content (AvgIpc) is 1.88. The molecule has 1 heterocycles. The summed E-state index contributed by atoms with van der Waals surface area (Å²) in [5.41, 5.74) is 1.36. The Labute approximate surface area is 54.6 Å². The molecular weight excluding hydrogens is 111 g/mol. The lowest BCUT2D eigenvalue weighted by Crippen LogP contribution is -2.07. The number of hydrogen-bond acceptors (Lipinski definition) is 2. The molecule has 0 spiro atoms. The van der Waals surface area contributed by atoms with Gasteiger partial charge in [0.1, 0.15) is 11.8 Å². The molecular formula is C6H5BN2. The molecule has 3 heteroatoms. The van der Waals surface area contributed by atoms with Gasteiger partial charge in [0.05, 0.1) is 0 Å². The first-order chi connectivity index (χ1) is 4.33. The van der Waals surface area contributed by atoms with Crippen LogP contribution in [0.2, 0.25) is 0 Å². The molecule has 0 aliphatic rings. The predicted molar refractivity (Wildman–Crippen MR) is 37.1 cm³/mol. The molecule has 1 aromatic heterocycles. The van der Waals surface area contributed by atoms with Crippen molar-refractivity contribution in [3.8, 4) is 6.07 Å². The molecule has 0 unspecified atom stereocenters. The van der Waals surface area contributed by atoms with Gasteiger partial charge >= 0.3 is 0 Å². The maximum atomic E-state index is 8.35. The molecule has 0 bridgehead atoms. The Morgan fingerprint density at radius 2 is 2.33 bits per heavy atom. The largest absolute Gasteiger partial charge is 0.253 e. The highest BCUT2D eigenvalue weighted by Crippen LogP contribution is 1.85. The summed E-state index contributed by atoms with van der Waals surface area (Å²) in [5.74, 6) is 0. The van der Waals surface area contributed by atoms with Gasteiger partial charge in [0.15, 0.2) is 7.85 Å². The van der Waals surface area contributed by atoms with Gasteiger partial charge in [-0.3, -0.25) is 4.98 Å². The van der Waals surface area contributed by atoms with E-state index in [1.807, 2.05) is 26.0 Å². The van der Waals surface area contributed by atoms with E-state index < -0.39 is 0 Å². The SMILES string of the molecule is Bc1cccc(C#N)n1. The lowest BCUT2D eigenvalue weighted by Gasteiger charge is -1.88. The van der Waals surface area contributed by atoms with Gasteiger partial charge in [-0.15, -0.1) is 0 Å². The number of rotatable bonds is 0. The number of pyridine rings is 1. The second-order valence-electron chi connectivity index (χ2n) is 1.78. The standard InChI is InChI=1S/C6H5BN2/c7-6-3-1-2-5(4-8)9-6/h1-3H,7H2. The van der Waals surface area contributed by atoms with Gasteiger partial charge in [0.25, 0.3) is 0 Å². The third-order valence-corrected chi connectivity index (χ3v) is 1.00. The molecule has 0 N–H and O–H groups in total. The van der Waals surface area contributed by atoms with Gasteiger partial charge in [0.2, 0.25) is 0 Å². The van der Waals surface area contributed by atoms with E-state index in [2.05, 4.69) is 4.98 Å². The van der Waals surface area contributed by atoms with Crippen molar-refractivity contribution in [1.82, 2.24) is 4.98 Å². The molecule has 0 saturated heterocycles. The molecule has 0 aliphatic carbocycles. The normalized spacial score (nSPS) is 8.33. The molecule has 0 saturated carbocycles. The van der Waals surface area contributed by atoms with Crippen molar-refractivity contribution in [3.63, 3.8) is 0 Å². The van der Waals surface area contributed by atoms with Crippen LogP contribution in [0.15, 0.2) is 18.2 Å². The van der Waals surface area contributed by atoms with Crippen molar-refractivity contribution >= 4 is 13.4 Å². The van der Waals surface area contributed by atoms with Crippen LogP contribution in [0.1, 0.15) is 5.69 Å². The van der Waals surface area contributed by atoms with Gasteiger partial charge in [-0.2, -0.15) is 5.26 Å². The smallest absolute Gasteiger partial charge is 0.163 e. The average molecular weight is 116 g/mol. The lowest BCUT2D eigenvalue weighted by molar-refractivity contribution is 1.31. The Kier molecular flexibility index (Phi) is 1.50. The van der Waals surface area contributed by atoms with Gasteiger partial charge in [-0.05, 0) is 11.7 Å². The topological polar surface area (TPSA) is 36.7 Å². The zero-order chi connectivity index (χ0) is 6.69. The third kappa shape index (κ3) is 1.30. The monoisotopic (exact) mass is 116 g/mol. The predicted octanol–water partition coefficient (Wildman–Crippen LogP) is -0.788. The molecule has 1 aromatic rings. The molecule has 0 radical (unpaired) electrons. The zero-order valence-corrected chi connectivity index (χ0v) is 5.13. The van der Waals surface area contributed by atoms with E-state index in [4.69, 9.17) is 5.26 Å². The van der Waals surface area contributed by atoms with Crippen molar-refractivity contribution in [1.29, 1.82) is 5.26 Å². The van der Waals surface area contributed by atoms with E-state index in [-0.39, 0.29) is 0 Å². The Morgan fingerprint density at radius 3 is 2.78 bits per heavy atom. The highest BCUT2D eigenvalue weighted by molar-refractivity contribution is 6.30. The Hall–Kier alpha value is -1.30. The first-order valence-electron chi connectivity index (χ1n) is 2.66. The number of hydrogen-bond donors (Lipinski definition) is 0. The summed E-state index contributed by atoms with van der Waals surface area (Å²) in [4.78, 5) is 3.93. The maximum absolute atomic E-state index is 8.35. The second-order valence-corrected chi connectivity index (χ2v) is 1.78. The van der Waals surface area contributed by atoms with Crippen LogP contribution in [0.5, 0.6) is 0 Å². The fourth-order valence-corrected chi connectivity index (χ4v) is 0.605. The fraction of sp³-hybridized carbons (Fsp3) is 0. The van der Waals surface area contributed by atoms with Crippen molar-refractivity contribution in [3.05, 3.63) is 23.9 Å². The van der Waals surface area contributed by atoms with Crippen molar-refractivity contribution in [2.75, 3.05) is 0 Å². The summed E-state index contributed by atoms with van der Waals surface area (Å²) in [5, 5.41) is 8.35. The summed E-state index contributed by atoms with van der Waals surface area (Å²) in [6, 6.07) is 7.33. The van der Waals surface area contributed by atoms with Crippen LogP contribution in [0.3, 0.4) is 0 Å². The van der Waals surface area contributed by atoms with Crippen molar-refractivity contribution in [2.45, 2.75) is 0 Å². The molecule has 2 nitrogen and oxygen atoms in total. The summed E-state index contributed by atoms with van der Waals surface area (Å²) in [6.45, 7) is 0. The number of nitriles is 1. The number of nitrogens with zero attached hydrogens (tertiary/aromatic N) is 2. The van der Waals surface area contributed by atoms with Crippen LogP contribution in [-0.4, -0.2) is 12.8 Å². The Bertz CT molecular complexity index is 251. The first kappa shape index (κ1) is 5.83. The van der Waals surface area contributed by atoms with Crippen LogP contribution < -0.4 is 5.59 Å². The number of aromatic nitrogens is 1. The second kappa shape index (κ2) is 2.32. The highest BCUT2D eigenvalue weighted by atomic mass is 14.7. The van der Waals surface area contributed by atoms with Crippen molar-refractivity contribution < 1.29 is 0 Å². The van der Waals surface area contributed by atoms with E-state index >= 15 is 0 Å². The maximum Gasteiger partial charge on any atom is 0.163 e. The van der Waals surface area contributed by atoms with E-state index in [9.17, 15) is 0 Å². The van der Waals surface area contributed by atoms with E-state index in [1.54, 1.807) is 6.07 Å². The quantitative estimate of drug-likeness (QED) is 0.416. The van der Waals surface area contributed by atoms with E-state index in [0.717, 1.165) is 5.59 Å². The van der Waals surface area contributed by atoms with Gasteiger partial charge < -0.3 is 0 Å².